The van der Waals surface area contributed by atoms with Crippen LogP contribution in [0.5, 0.6) is 5.75 Å². The summed E-state index contributed by atoms with van der Waals surface area (Å²) < 4.78 is 9.87. The van der Waals surface area contributed by atoms with Crippen LogP contribution < -0.4 is 4.74 Å². The van der Waals surface area contributed by atoms with Gasteiger partial charge < -0.3 is 14.5 Å². The molecule has 2 aromatic heterocycles. The number of carbonyl (C=O) groups is 2. The van der Waals surface area contributed by atoms with Crippen molar-refractivity contribution >= 4 is 22.7 Å². The van der Waals surface area contributed by atoms with Gasteiger partial charge in [-0.3, -0.25) is 4.79 Å². The molecule has 0 aromatic carbocycles. The smallest absolute Gasteiger partial charge is 0.379 e. The Morgan fingerprint density at radius 3 is 2.85 bits per heavy atom. The molecule has 0 aliphatic heterocycles. The number of fused-ring (bicyclic) bond motifs is 1. The van der Waals surface area contributed by atoms with E-state index >= 15 is 0 Å². The number of H-pyrrole nitrogens is 1. The number of hydrogen-bond donors (Lipinski definition) is 1. The lowest BCUT2D eigenvalue weighted by molar-refractivity contribution is -0.137. The van der Waals surface area contributed by atoms with Crippen molar-refractivity contribution in [2.75, 3.05) is 13.7 Å². The SMILES string of the molecule is C#Cc1ncc(OC)c2c(C(=O)C(=O)OCC)c[nH]c12. The Kier molecular flexibility index (Phi) is 3.71. The largest absolute Gasteiger partial charge is 0.494 e. The zero-order valence-electron chi connectivity index (χ0n) is 11.0. The molecular weight excluding hydrogens is 260 g/mol. The number of nitrogens with zero attached hydrogens (tertiary/aromatic N) is 1. The molecule has 0 saturated heterocycles. The molecule has 0 bridgehead atoms. The van der Waals surface area contributed by atoms with Crippen LogP contribution >= 0.6 is 0 Å². The van der Waals surface area contributed by atoms with Crippen molar-refractivity contribution in [3.05, 3.63) is 23.7 Å². The summed E-state index contributed by atoms with van der Waals surface area (Å²) in [5, 5.41) is 0.425. The number of carbonyl (C=O) groups excluding carboxylic acids is 2. The summed E-state index contributed by atoms with van der Waals surface area (Å²) in [5.74, 6) is 1.08. The van der Waals surface area contributed by atoms with Gasteiger partial charge in [-0.1, -0.05) is 0 Å². The molecular formula is C14H12N2O4. The van der Waals surface area contributed by atoms with Gasteiger partial charge in [-0.15, -0.1) is 6.42 Å². The Morgan fingerprint density at radius 1 is 1.50 bits per heavy atom. The number of ether oxygens (including phenoxy) is 2. The fourth-order valence-corrected chi connectivity index (χ4v) is 1.87. The molecule has 2 heterocycles. The van der Waals surface area contributed by atoms with Crippen LogP contribution in [0, 0.1) is 12.3 Å². The summed E-state index contributed by atoms with van der Waals surface area (Å²) in [4.78, 5) is 30.5. The van der Waals surface area contributed by atoms with Crippen molar-refractivity contribution in [3.8, 4) is 18.1 Å². The standard InChI is InChI=1S/C14H12N2O4/c1-4-9-12-11(10(19-3)7-15-9)8(6-16-12)13(17)14(18)20-5-2/h1,6-7,16H,5H2,2-3H3. The maximum Gasteiger partial charge on any atom is 0.379 e. The van der Waals surface area contributed by atoms with Gasteiger partial charge in [0.25, 0.3) is 5.78 Å². The summed E-state index contributed by atoms with van der Waals surface area (Å²) in [7, 11) is 1.44. The highest BCUT2D eigenvalue weighted by atomic mass is 16.5. The second-order valence-corrected chi connectivity index (χ2v) is 3.82. The number of rotatable bonds is 4. The molecule has 0 saturated carbocycles. The van der Waals surface area contributed by atoms with Gasteiger partial charge in [0.1, 0.15) is 11.4 Å². The van der Waals surface area contributed by atoms with E-state index < -0.39 is 11.8 Å². The number of nitrogens with one attached hydrogen (secondary N) is 1. The number of hydrogen-bond acceptors (Lipinski definition) is 5. The second-order valence-electron chi connectivity index (χ2n) is 3.82. The van der Waals surface area contributed by atoms with Crippen LogP contribution in [0.4, 0.5) is 0 Å². The van der Waals surface area contributed by atoms with E-state index in [0.29, 0.717) is 22.3 Å². The van der Waals surface area contributed by atoms with Crippen LogP contribution in [-0.4, -0.2) is 35.4 Å². The zero-order chi connectivity index (χ0) is 14.7. The van der Waals surface area contributed by atoms with Gasteiger partial charge in [-0.25, -0.2) is 9.78 Å². The minimum atomic E-state index is -0.922. The lowest BCUT2D eigenvalue weighted by Crippen LogP contribution is -2.17. The van der Waals surface area contributed by atoms with Crippen molar-refractivity contribution in [2.45, 2.75) is 6.92 Å². The van der Waals surface area contributed by atoms with Crippen LogP contribution in [0.25, 0.3) is 10.9 Å². The number of terminal acetylenes is 1. The molecule has 2 aromatic rings. The first-order chi connectivity index (χ1) is 9.63. The van der Waals surface area contributed by atoms with Crippen LogP contribution in [0.3, 0.4) is 0 Å². The number of aromatic amines is 1. The van der Waals surface area contributed by atoms with E-state index in [4.69, 9.17) is 15.9 Å². The van der Waals surface area contributed by atoms with Gasteiger partial charge in [0.05, 0.1) is 36.4 Å². The van der Waals surface area contributed by atoms with Gasteiger partial charge in [0, 0.05) is 6.20 Å². The van der Waals surface area contributed by atoms with Gasteiger partial charge >= 0.3 is 5.97 Å². The molecule has 0 spiro atoms. The monoisotopic (exact) mass is 272 g/mol. The second kappa shape index (κ2) is 5.45. The molecule has 6 nitrogen and oxygen atoms in total. The average molecular weight is 272 g/mol. The van der Waals surface area contributed by atoms with Crippen LogP contribution in [0.2, 0.25) is 0 Å². The molecule has 0 aliphatic rings. The number of pyridine rings is 1. The number of Topliss-reactive ketones (excluding diaryl/α,β-unsaturated/α-hetero) is 1. The Morgan fingerprint density at radius 2 is 2.25 bits per heavy atom. The highest BCUT2D eigenvalue weighted by Crippen LogP contribution is 2.30. The van der Waals surface area contributed by atoms with Crippen molar-refractivity contribution in [2.24, 2.45) is 0 Å². The first kappa shape index (κ1) is 13.6. The number of ketones is 1. The van der Waals surface area contributed by atoms with E-state index in [1.54, 1.807) is 6.92 Å². The predicted molar refractivity (Wildman–Crippen MR) is 71.5 cm³/mol. The summed E-state index contributed by atoms with van der Waals surface area (Å²) in [6.07, 6.45) is 8.16. The quantitative estimate of drug-likeness (QED) is 0.392. The zero-order valence-corrected chi connectivity index (χ0v) is 11.0. The lowest BCUT2D eigenvalue weighted by atomic mass is 10.1. The number of methoxy groups -OCH3 is 1. The fourth-order valence-electron chi connectivity index (χ4n) is 1.87. The maximum atomic E-state index is 12.1. The van der Waals surface area contributed by atoms with Gasteiger partial charge in [0.2, 0.25) is 0 Å². The number of esters is 1. The third kappa shape index (κ3) is 2.10. The first-order valence-electron chi connectivity index (χ1n) is 5.86. The molecule has 20 heavy (non-hydrogen) atoms. The maximum absolute atomic E-state index is 12.1. The third-order valence-electron chi connectivity index (χ3n) is 2.74. The molecule has 0 radical (unpaired) electrons. The van der Waals surface area contributed by atoms with Crippen LogP contribution in [0.1, 0.15) is 23.0 Å². The van der Waals surface area contributed by atoms with Crippen molar-refractivity contribution in [1.29, 1.82) is 0 Å². The van der Waals surface area contributed by atoms with E-state index in [9.17, 15) is 9.59 Å². The third-order valence-corrected chi connectivity index (χ3v) is 2.74. The Balaban J connectivity index is 2.64. The van der Waals surface area contributed by atoms with Crippen LogP contribution in [-0.2, 0) is 9.53 Å². The Labute approximate surface area is 115 Å². The highest BCUT2D eigenvalue weighted by molar-refractivity contribution is 6.43. The molecule has 0 amide bonds. The summed E-state index contributed by atoms with van der Waals surface area (Å²) in [6, 6.07) is 0. The summed E-state index contributed by atoms with van der Waals surface area (Å²) in [5.41, 5.74) is 0.956. The first-order valence-corrected chi connectivity index (χ1v) is 5.86. The van der Waals surface area contributed by atoms with Gasteiger partial charge in [-0.05, 0) is 12.8 Å². The molecule has 0 aliphatic carbocycles. The van der Waals surface area contributed by atoms with E-state index in [0.717, 1.165) is 0 Å². The molecule has 2 rings (SSSR count). The van der Waals surface area contributed by atoms with Crippen molar-refractivity contribution < 1.29 is 19.1 Å². The van der Waals surface area contributed by atoms with E-state index in [1.165, 1.54) is 19.5 Å². The topological polar surface area (TPSA) is 81.3 Å². The molecule has 0 unspecified atom stereocenters. The molecule has 102 valence electrons. The van der Waals surface area contributed by atoms with Crippen molar-refractivity contribution in [3.63, 3.8) is 0 Å². The Bertz CT molecular complexity index is 725. The van der Waals surface area contributed by atoms with Crippen molar-refractivity contribution in [1.82, 2.24) is 9.97 Å². The molecule has 1 N–H and O–H groups in total. The Hall–Kier alpha value is -2.81. The lowest BCUT2D eigenvalue weighted by Gasteiger charge is -2.05. The van der Waals surface area contributed by atoms with E-state index in [-0.39, 0.29) is 12.2 Å². The summed E-state index contributed by atoms with van der Waals surface area (Å²) in [6.45, 7) is 1.75. The summed E-state index contributed by atoms with van der Waals surface area (Å²) >= 11 is 0. The normalized spacial score (nSPS) is 10.1. The predicted octanol–water partition coefficient (Wildman–Crippen LogP) is 1.30. The highest BCUT2D eigenvalue weighted by Gasteiger charge is 2.24. The minimum absolute atomic E-state index is 0.126. The van der Waals surface area contributed by atoms with Gasteiger partial charge in [-0.2, -0.15) is 0 Å². The molecule has 6 heteroatoms. The average Bonchev–Trinajstić information content (AvgIpc) is 2.90. The molecule has 0 atom stereocenters. The van der Waals surface area contributed by atoms with Gasteiger partial charge in [0.15, 0.2) is 0 Å². The molecule has 0 fully saturated rings. The van der Waals surface area contributed by atoms with E-state index in [2.05, 4.69) is 15.9 Å². The fraction of sp³-hybridized carbons (Fsp3) is 0.214. The van der Waals surface area contributed by atoms with Crippen LogP contribution in [0.15, 0.2) is 12.4 Å². The van der Waals surface area contributed by atoms with E-state index in [1.807, 2.05) is 0 Å². The minimum Gasteiger partial charge on any atom is -0.494 e. The number of aromatic nitrogens is 2.